The highest BCUT2D eigenvalue weighted by molar-refractivity contribution is 9.11. The Morgan fingerprint density at radius 1 is 1.35 bits per heavy atom. The summed E-state index contributed by atoms with van der Waals surface area (Å²) in [4.78, 5) is 11.8. The predicted molar refractivity (Wildman–Crippen MR) is 90.9 cm³/mol. The van der Waals surface area contributed by atoms with E-state index in [1.165, 1.54) is 22.9 Å². The number of benzene rings is 1. The number of halogens is 3. The minimum atomic E-state index is -0.713. The van der Waals surface area contributed by atoms with Crippen molar-refractivity contribution in [1.29, 1.82) is 0 Å². The molecule has 4 nitrogen and oxygen atoms in total. The molecule has 0 bridgehead atoms. The van der Waals surface area contributed by atoms with E-state index in [4.69, 9.17) is 16.3 Å². The SMILES string of the molecule is CC(=O)Oc1nn(-c2ccccc2Cl)c(-c2ccc(Br)s2)c1F. The van der Waals surface area contributed by atoms with E-state index >= 15 is 0 Å². The van der Waals surface area contributed by atoms with Gasteiger partial charge in [-0.15, -0.1) is 16.4 Å². The molecule has 3 aromatic rings. The van der Waals surface area contributed by atoms with Gasteiger partial charge in [0, 0.05) is 6.92 Å². The summed E-state index contributed by atoms with van der Waals surface area (Å²) in [6.07, 6.45) is 0. The number of carbonyl (C=O) groups excluding carboxylic acids is 1. The maximum atomic E-state index is 14.8. The van der Waals surface area contributed by atoms with Gasteiger partial charge in [-0.05, 0) is 40.2 Å². The Labute approximate surface area is 148 Å². The molecule has 0 atom stereocenters. The highest BCUT2D eigenvalue weighted by Crippen LogP contribution is 2.38. The molecule has 2 aromatic heterocycles. The molecule has 3 rings (SSSR count). The zero-order chi connectivity index (χ0) is 16.6. The van der Waals surface area contributed by atoms with E-state index in [2.05, 4.69) is 21.0 Å². The number of hydrogen-bond donors (Lipinski definition) is 0. The molecule has 0 unspecified atom stereocenters. The lowest BCUT2D eigenvalue weighted by Gasteiger charge is -2.07. The van der Waals surface area contributed by atoms with Crippen molar-refractivity contribution in [1.82, 2.24) is 9.78 Å². The number of nitrogens with zero attached hydrogens (tertiary/aromatic N) is 2. The number of carbonyl (C=O) groups is 1. The molecular weight excluding hydrogens is 407 g/mol. The second kappa shape index (κ2) is 6.43. The average Bonchev–Trinajstić information content (AvgIpc) is 3.04. The number of hydrogen-bond acceptors (Lipinski definition) is 4. The first-order valence-corrected chi connectivity index (χ1v) is 8.43. The fourth-order valence-corrected chi connectivity index (χ4v) is 3.66. The third kappa shape index (κ3) is 3.17. The molecule has 0 fully saturated rings. The standard InChI is InChI=1S/C15H9BrClFN2O2S/c1-8(21)22-15-13(18)14(11-6-7-12(16)23-11)20(19-15)10-5-3-2-4-9(10)17/h2-7H,1H3. The molecule has 118 valence electrons. The van der Waals surface area contributed by atoms with Gasteiger partial charge in [-0.3, -0.25) is 4.79 Å². The Bertz CT molecular complexity index is 893. The first-order valence-electron chi connectivity index (χ1n) is 6.45. The Balaban J connectivity index is 2.25. The van der Waals surface area contributed by atoms with Gasteiger partial charge in [0.15, 0.2) is 0 Å². The average molecular weight is 416 g/mol. The third-order valence-electron chi connectivity index (χ3n) is 2.93. The van der Waals surface area contributed by atoms with Gasteiger partial charge in [-0.2, -0.15) is 4.39 Å². The molecule has 0 aliphatic heterocycles. The van der Waals surface area contributed by atoms with Crippen molar-refractivity contribution in [2.45, 2.75) is 6.92 Å². The zero-order valence-electron chi connectivity index (χ0n) is 11.7. The Kier molecular flexibility index (Phi) is 4.52. The van der Waals surface area contributed by atoms with Crippen LogP contribution in [0.4, 0.5) is 4.39 Å². The Morgan fingerprint density at radius 3 is 2.70 bits per heavy atom. The summed E-state index contributed by atoms with van der Waals surface area (Å²) in [6.45, 7) is 1.19. The first kappa shape index (κ1) is 16.2. The van der Waals surface area contributed by atoms with E-state index in [-0.39, 0.29) is 11.6 Å². The van der Waals surface area contributed by atoms with Crippen LogP contribution in [0.15, 0.2) is 40.2 Å². The molecule has 0 saturated carbocycles. The number of ether oxygens (including phenoxy) is 1. The molecule has 8 heteroatoms. The fraction of sp³-hybridized carbons (Fsp3) is 0.0667. The van der Waals surface area contributed by atoms with Crippen molar-refractivity contribution in [3.8, 4) is 22.1 Å². The van der Waals surface area contributed by atoms with Crippen molar-refractivity contribution in [2.24, 2.45) is 0 Å². The minimum Gasteiger partial charge on any atom is -0.403 e. The summed E-state index contributed by atoms with van der Waals surface area (Å²) in [6, 6.07) is 10.5. The summed E-state index contributed by atoms with van der Waals surface area (Å²) >= 11 is 10.9. The fourth-order valence-electron chi connectivity index (χ4n) is 2.03. The van der Waals surface area contributed by atoms with E-state index in [9.17, 15) is 9.18 Å². The van der Waals surface area contributed by atoms with E-state index in [1.54, 1.807) is 36.4 Å². The van der Waals surface area contributed by atoms with Crippen LogP contribution in [0.2, 0.25) is 5.02 Å². The number of esters is 1. The second-order valence-corrected chi connectivity index (χ2v) is 7.40. The van der Waals surface area contributed by atoms with Gasteiger partial charge >= 0.3 is 5.97 Å². The van der Waals surface area contributed by atoms with Crippen LogP contribution < -0.4 is 4.74 Å². The Hall–Kier alpha value is -1.70. The number of rotatable bonds is 3. The van der Waals surface area contributed by atoms with Gasteiger partial charge in [-0.1, -0.05) is 23.7 Å². The van der Waals surface area contributed by atoms with Gasteiger partial charge in [0.1, 0.15) is 5.69 Å². The van der Waals surface area contributed by atoms with Gasteiger partial charge in [-0.25, -0.2) is 4.68 Å². The van der Waals surface area contributed by atoms with Crippen molar-refractivity contribution in [2.75, 3.05) is 0 Å². The molecule has 0 saturated heterocycles. The highest BCUT2D eigenvalue weighted by atomic mass is 79.9. The first-order chi connectivity index (χ1) is 11.0. The van der Waals surface area contributed by atoms with Crippen molar-refractivity contribution in [3.63, 3.8) is 0 Å². The molecule has 0 N–H and O–H groups in total. The summed E-state index contributed by atoms with van der Waals surface area (Å²) in [7, 11) is 0. The molecular formula is C15H9BrClFN2O2S. The third-order valence-corrected chi connectivity index (χ3v) is 4.88. The molecule has 0 radical (unpaired) electrons. The lowest BCUT2D eigenvalue weighted by atomic mass is 10.3. The van der Waals surface area contributed by atoms with Crippen LogP contribution in [0.1, 0.15) is 6.92 Å². The van der Waals surface area contributed by atoms with Crippen LogP contribution in [0.5, 0.6) is 5.88 Å². The van der Waals surface area contributed by atoms with Crippen molar-refractivity contribution < 1.29 is 13.9 Å². The number of aromatic nitrogens is 2. The van der Waals surface area contributed by atoms with Crippen molar-refractivity contribution >= 4 is 44.8 Å². The van der Waals surface area contributed by atoms with Crippen LogP contribution in [-0.2, 0) is 4.79 Å². The Morgan fingerprint density at radius 2 is 2.09 bits per heavy atom. The molecule has 23 heavy (non-hydrogen) atoms. The molecule has 0 aliphatic rings. The van der Waals surface area contributed by atoms with Crippen LogP contribution in [0, 0.1) is 5.82 Å². The second-order valence-electron chi connectivity index (χ2n) is 4.53. The quantitative estimate of drug-likeness (QED) is 0.560. The van der Waals surface area contributed by atoms with E-state index in [1.807, 2.05) is 0 Å². The topological polar surface area (TPSA) is 44.1 Å². The molecule has 0 spiro atoms. The number of thiophene rings is 1. The highest BCUT2D eigenvalue weighted by Gasteiger charge is 2.25. The van der Waals surface area contributed by atoms with Crippen LogP contribution in [-0.4, -0.2) is 15.7 Å². The van der Waals surface area contributed by atoms with Gasteiger partial charge < -0.3 is 4.74 Å². The maximum Gasteiger partial charge on any atom is 0.309 e. The zero-order valence-corrected chi connectivity index (χ0v) is 14.9. The van der Waals surface area contributed by atoms with Gasteiger partial charge in [0.25, 0.3) is 5.88 Å². The summed E-state index contributed by atoms with van der Waals surface area (Å²) < 4.78 is 21.8. The van der Waals surface area contributed by atoms with E-state index < -0.39 is 11.8 Å². The van der Waals surface area contributed by atoms with Crippen molar-refractivity contribution in [3.05, 3.63) is 51.0 Å². The summed E-state index contributed by atoms with van der Waals surface area (Å²) in [5.41, 5.74) is 0.677. The largest absolute Gasteiger partial charge is 0.403 e. The minimum absolute atomic E-state index is 0.185. The van der Waals surface area contributed by atoms with E-state index in [0.717, 1.165) is 3.79 Å². The maximum absolute atomic E-state index is 14.8. The molecule has 0 aliphatic carbocycles. The normalized spacial score (nSPS) is 10.8. The molecule has 1 aromatic carbocycles. The lowest BCUT2D eigenvalue weighted by molar-refractivity contribution is -0.132. The van der Waals surface area contributed by atoms with Gasteiger partial charge in [0.2, 0.25) is 5.82 Å². The van der Waals surface area contributed by atoms with Gasteiger partial charge in [0.05, 0.1) is 19.4 Å². The summed E-state index contributed by atoms with van der Waals surface area (Å²) in [5, 5.41) is 4.48. The van der Waals surface area contributed by atoms with Crippen LogP contribution >= 0.6 is 38.9 Å². The smallest absolute Gasteiger partial charge is 0.309 e. The number of para-hydroxylation sites is 1. The van der Waals surface area contributed by atoms with E-state index in [0.29, 0.717) is 15.6 Å². The predicted octanol–water partition coefficient (Wildman–Crippen LogP) is 5.08. The van der Waals surface area contributed by atoms with Crippen LogP contribution in [0.3, 0.4) is 0 Å². The molecule has 2 heterocycles. The molecule has 0 amide bonds. The monoisotopic (exact) mass is 414 g/mol. The summed E-state index contributed by atoms with van der Waals surface area (Å²) in [5.74, 6) is -1.74. The van der Waals surface area contributed by atoms with Crippen LogP contribution in [0.25, 0.3) is 16.3 Å². The lowest BCUT2D eigenvalue weighted by Crippen LogP contribution is -2.04.